The second-order valence-electron chi connectivity index (χ2n) is 2.14. The molecule has 1 heterocycles. The minimum Gasteiger partial charge on any atom is -0.462 e. The van der Waals surface area contributed by atoms with E-state index in [9.17, 15) is 4.79 Å². The summed E-state index contributed by atoms with van der Waals surface area (Å²) in [5.74, 6) is -0.513. The van der Waals surface area contributed by atoms with Gasteiger partial charge in [0.2, 0.25) is 0 Å². The third-order valence-electron chi connectivity index (χ3n) is 1.23. The van der Waals surface area contributed by atoms with Crippen LogP contribution in [-0.4, -0.2) is 17.6 Å². The van der Waals surface area contributed by atoms with E-state index in [2.05, 4.69) is 16.6 Å². The van der Waals surface area contributed by atoms with Gasteiger partial charge in [-0.25, -0.2) is 9.78 Å². The van der Waals surface area contributed by atoms with Gasteiger partial charge >= 0.3 is 5.97 Å². The van der Waals surface area contributed by atoms with Crippen LogP contribution in [0.15, 0.2) is 12.1 Å². The molecule has 69 valence electrons. The Labute approximate surface area is 85.6 Å². The van der Waals surface area contributed by atoms with Gasteiger partial charge in [-0.1, -0.05) is 23.2 Å². The first-order valence-corrected chi connectivity index (χ1v) is 4.18. The smallest absolute Gasteiger partial charge is 0.338 e. The number of nitrogens with zero attached hydrogens (tertiary/aromatic N) is 1. The molecule has 0 saturated heterocycles. The van der Waals surface area contributed by atoms with E-state index in [1.165, 1.54) is 12.1 Å². The van der Waals surface area contributed by atoms with Gasteiger partial charge in [-0.15, -0.1) is 0 Å². The number of pyridine rings is 1. The Morgan fingerprint density at radius 2 is 2.00 bits per heavy atom. The number of ether oxygens (including phenoxy) is 1. The number of hydrogen-bond donors (Lipinski definition) is 0. The van der Waals surface area contributed by atoms with Gasteiger partial charge in [0.05, 0.1) is 12.2 Å². The average Bonchev–Trinajstić information content (AvgIpc) is 2.03. The van der Waals surface area contributed by atoms with Crippen molar-refractivity contribution in [3.8, 4) is 0 Å². The van der Waals surface area contributed by atoms with Crippen LogP contribution in [0.1, 0.15) is 10.4 Å². The Hall–Kier alpha value is -0.800. The molecule has 0 unspecified atom stereocenters. The van der Waals surface area contributed by atoms with E-state index in [0.29, 0.717) is 0 Å². The van der Waals surface area contributed by atoms with Crippen LogP contribution < -0.4 is 0 Å². The van der Waals surface area contributed by atoms with Crippen molar-refractivity contribution < 1.29 is 9.53 Å². The summed E-state index contributed by atoms with van der Waals surface area (Å²) in [4.78, 5) is 14.8. The molecule has 0 aliphatic heterocycles. The molecular formula is C8H6Cl2NO2. The Morgan fingerprint density at radius 1 is 1.46 bits per heavy atom. The van der Waals surface area contributed by atoms with E-state index in [1.54, 1.807) is 0 Å². The predicted octanol–water partition coefficient (Wildman–Crippen LogP) is 2.38. The van der Waals surface area contributed by atoms with Crippen LogP contribution in [0, 0.1) is 6.92 Å². The molecule has 1 aromatic heterocycles. The van der Waals surface area contributed by atoms with Crippen molar-refractivity contribution in [3.63, 3.8) is 0 Å². The summed E-state index contributed by atoms with van der Waals surface area (Å²) in [7, 11) is 0. The fourth-order valence-corrected chi connectivity index (χ4v) is 1.22. The van der Waals surface area contributed by atoms with E-state index in [1.807, 2.05) is 0 Å². The topological polar surface area (TPSA) is 39.2 Å². The van der Waals surface area contributed by atoms with E-state index in [4.69, 9.17) is 23.2 Å². The van der Waals surface area contributed by atoms with E-state index in [0.717, 1.165) is 0 Å². The Balaban J connectivity index is 2.94. The van der Waals surface area contributed by atoms with Crippen molar-refractivity contribution in [2.75, 3.05) is 6.61 Å². The minimum absolute atomic E-state index is 0.0659. The lowest BCUT2D eigenvalue weighted by Gasteiger charge is -2.01. The largest absolute Gasteiger partial charge is 0.462 e. The van der Waals surface area contributed by atoms with Crippen LogP contribution in [-0.2, 0) is 4.74 Å². The highest BCUT2D eigenvalue weighted by atomic mass is 35.5. The Morgan fingerprint density at radius 3 is 2.46 bits per heavy atom. The second kappa shape index (κ2) is 4.44. The van der Waals surface area contributed by atoms with Gasteiger partial charge in [-0.2, -0.15) is 0 Å². The van der Waals surface area contributed by atoms with Gasteiger partial charge in [0.25, 0.3) is 0 Å². The molecular weight excluding hydrogens is 213 g/mol. The number of hydrogen-bond acceptors (Lipinski definition) is 3. The van der Waals surface area contributed by atoms with Gasteiger partial charge in [0.15, 0.2) is 0 Å². The molecule has 0 amide bonds. The van der Waals surface area contributed by atoms with E-state index >= 15 is 0 Å². The Kier molecular flexibility index (Phi) is 3.51. The first-order chi connectivity index (χ1) is 6.13. The predicted molar refractivity (Wildman–Crippen MR) is 49.9 cm³/mol. The molecule has 5 heteroatoms. The van der Waals surface area contributed by atoms with Gasteiger partial charge in [0.1, 0.15) is 10.3 Å². The highest BCUT2D eigenvalue weighted by Gasteiger charge is 2.08. The first-order valence-electron chi connectivity index (χ1n) is 3.43. The summed E-state index contributed by atoms with van der Waals surface area (Å²) in [6.07, 6.45) is 0. The monoisotopic (exact) mass is 218 g/mol. The van der Waals surface area contributed by atoms with Gasteiger partial charge in [0, 0.05) is 0 Å². The fraction of sp³-hybridized carbons (Fsp3) is 0.125. The normalized spacial score (nSPS) is 9.77. The summed E-state index contributed by atoms with van der Waals surface area (Å²) in [6, 6.07) is 2.76. The van der Waals surface area contributed by atoms with E-state index in [-0.39, 0.29) is 22.5 Å². The van der Waals surface area contributed by atoms with Crippen molar-refractivity contribution in [1.29, 1.82) is 0 Å². The summed E-state index contributed by atoms with van der Waals surface area (Å²) in [5, 5.41) is 0.312. The standard InChI is InChI=1S/C8H6Cl2NO2/c1-2-13-8(12)5-3-6(9)11-7(10)4-5/h3-4H,1-2H2. The minimum atomic E-state index is -0.513. The number of halogens is 2. The van der Waals surface area contributed by atoms with Crippen molar-refractivity contribution in [1.82, 2.24) is 4.98 Å². The highest BCUT2D eigenvalue weighted by molar-refractivity contribution is 6.32. The molecule has 0 aliphatic rings. The number of carbonyl (C=O) groups is 1. The average molecular weight is 219 g/mol. The maximum atomic E-state index is 11.1. The number of aromatic nitrogens is 1. The zero-order chi connectivity index (χ0) is 9.84. The fourth-order valence-electron chi connectivity index (χ4n) is 0.759. The molecule has 1 rings (SSSR count). The zero-order valence-corrected chi connectivity index (χ0v) is 8.10. The molecule has 0 aromatic carbocycles. The molecule has 0 N–H and O–H groups in total. The maximum Gasteiger partial charge on any atom is 0.338 e. The third kappa shape index (κ3) is 2.86. The maximum absolute atomic E-state index is 11.1. The molecule has 13 heavy (non-hydrogen) atoms. The number of carbonyl (C=O) groups excluding carboxylic acids is 1. The zero-order valence-electron chi connectivity index (χ0n) is 6.59. The van der Waals surface area contributed by atoms with Crippen LogP contribution in [0.2, 0.25) is 10.3 Å². The molecule has 1 aromatic rings. The van der Waals surface area contributed by atoms with Crippen LogP contribution in [0.5, 0.6) is 0 Å². The molecule has 0 spiro atoms. The molecule has 0 atom stereocenters. The molecule has 0 fully saturated rings. The number of esters is 1. The van der Waals surface area contributed by atoms with Crippen LogP contribution in [0.3, 0.4) is 0 Å². The van der Waals surface area contributed by atoms with Gasteiger partial charge in [-0.3, -0.25) is 0 Å². The summed E-state index contributed by atoms with van der Waals surface area (Å²) < 4.78 is 4.64. The molecule has 0 bridgehead atoms. The lowest BCUT2D eigenvalue weighted by Crippen LogP contribution is -2.04. The molecule has 1 radical (unpaired) electrons. The number of rotatable bonds is 2. The lowest BCUT2D eigenvalue weighted by molar-refractivity contribution is 0.0547. The van der Waals surface area contributed by atoms with Crippen molar-refractivity contribution in [2.24, 2.45) is 0 Å². The quantitative estimate of drug-likeness (QED) is 0.566. The van der Waals surface area contributed by atoms with Gasteiger partial charge < -0.3 is 4.74 Å². The first kappa shape index (κ1) is 10.3. The summed E-state index contributed by atoms with van der Waals surface area (Å²) in [6.45, 7) is 3.44. The van der Waals surface area contributed by atoms with Crippen LogP contribution in [0.4, 0.5) is 0 Å². The third-order valence-corrected chi connectivity index (χ3v) is 1.62. The van der Waals surface area contributed by atoms with Crippen molar-refractivity contribution >= 4 is 29.2 Å². The van der Waals surface area contributed by atoms with Crippen molar-refractivity contribution in [3.05, 3.63) is 34.9 Å². The summed E-state index contributed by atoms with van der Waals surface area (Å²) in [5.41, 5.74) is 0.272. The summed E-state index contributed by atoms with van der Waals surface area (Å²) >= 11 is 11.2. The molecule has 0 aliphatic carbocycles. The van der Waals surface area contributed by atoms with Crippen LogP contribution in [0.25, 0.3) is 0 Å². The lowest BCUT2D eigenvalue weighted by atomic mass is 10.3. The van der Waals surface area contributed by atoms with Crippen molar-refractivity contribution in [2.45, 2.75) is 0 Å². The van der Waals surface area contributed by atoms with Crippen LogP contribution >= 0.6 is 23.2 Å². The Bertz CT molecular complexity index is 308. The SMILES string of the molecule is [CH2]COC(=O)c1cc(Cl)nc(Cl)c1. The molecule has 0 saturated carbocycles. The van der Waals surface area contributed by atoms with Gasteiger partial charge in [-0.05, 0) is 19.1 Å². The second-order valence-corrected chi connectivity index (χ2v) is 2.91. The highest BCUT2D eigenvalue weighted by Crippen LogP contribution is 2.15. The van der Waals surface area contributed by atoms with E-state index < -0.39 is 5.97 Å². The molecule has 3 nitrogen and oxygen atoms in total.